The SMILES string of the molecule is CCOC(=O)COc1ccc(-c2ccc(OCCN(C)C)c(C(C)C)c2)cc1C(C)C. The summed E-state index contributed by atoms with van der Waals surface area (Å²) < 4.78 is 16.8. The van der Waals surface area contributed by atoms with E-state index in [0.29, 0.717) is 19.1 Å². The molecule has 0 spiro atoms. The smallest absolute Gasteiger partial charge is 0.344 e. The summed E-state index contributed by atoms with van der Waals surface area (Å²) in [4.78, 5) is 13.8. The Kier molecular flexibility index (Phi) is 9.38. The van der Waals surface area contributed by atoms with E-state index >= 15 is 0 Å². The first-order chi connectivity index (χ1) is 14.7. The van der Waals surface area contributed by atoms with Gasteiger partial charge in [-0.3, -0.25) is 0 Å². The van der Waals surface area contributed by atoms with Crippen molar-refractivity contribution in [1.82, 2.24) is 4.90 Å². The van der Waals surface area contributed by atoms with E-state index in [0.717, 1.165) is 34.7 Å². The van der Waals surface area contributed by atoms with Crippen molar-refractivity contribution in [3.63, 3.8) is 0 Å². The molecule has 0 radical (unpaired) electrons. The minimum atomic E-state index is -0.354. The standard InChI is InChI=1S/C26H37NO4/c1-8-29-26(28)17-31-25-12-10-21(16-23(25)19(4)5)20-9-11-24(22(15-20)18(2)3)30-14-13-27(6)7/h9-12,15-16,18-19H,8,13-14,17H2,1-7H3. The molecule has 0 aliphatic carbocycles. The predicted molar refractivity (Wildman–Crippen MR) is 126 cm³/mol. The molecule has 0 aliphatic heterocycles. The number of nitrogens with zero attached hydrogens (tertiary/aromatic N) is 1. The van der Waals surface area contributed by atoms with Crippen LogP contribution in [-0.2, 0) is 9.53 Å². The van der Waals surface area contributed by atoms with Crippen molar-refractivity contribution >= 4 is 5.97 Å². The van der Waals surface area contributed by atoms with Crippen LogP contribution in [-0.4, -0.2) is 51.3 Å². The van der Waals surface area contributed by atoms with Gasteiger partial charge in [0.05, 0.1) is 6.61 Å². The Bertz CT molecular complexity index is 858. The van der Waals surface area contributed by atoms with Crippen molar-refractivity contribution in [3.8, 4) is 22.6 Å². The average molecular weight is 428 g/mol. The zero-order valence-corrected chi connectivity index (χ0v) is 20.0. The van der Waals surface area contributed by atoms with Gasteiger partial charge in [0.2, 0.25) is 0 Å². The number of carbonyl (C=O) groups is 1. The molecule has 2 aromatic rings. The van der Waals surface area contributed by atoms with Crippen LogP contribution in [0.4, 0.5) is 0 Å². The number of benzene rings is 2. The summed E-state index contributed by atoms with van der Waals surface area (Å²) in [5, 5.41) is 0. The monoisotopic (exact) mass is 427 g/mol. The highest BCUT2D eigenvalue weighted by atomic mass is 16.6. The fourth-order valence-electron chi connectivity index (χ4n) is 3.30. The van der Waals surface area contributed by atoms with Crippen LogP contribution >= 0.6 is 0 Å². The second kappa shape index (κ2) is 11.8. The van der Waals surface area contributed by atoms with E-state index in [1.165, 1.54) is 5.56 Å². The van der Waals surface area contributed by atoms with Crippen molar-refractivity contribution in [3.05, 3.63) is 47.5 Å². The van der Waals surface area contributed by atoms with Gasteiger partial charge >= 0.3 is 5.97 Å². The molecule has 0 aliphatic rings. The van der Waals surface area contributed by atoms with Crippen molar-refractivity contribution in [2.75, 3.05) is 40.5 Å². The highest BCUT2D eigenvalue weighted by Gasteiger charge is 2.15. The van der Waals surface area contributed by atoms with Gasteiger partial charge in [-0.2, -0.15) is 0 Å². The molecule has 0 aromatic heterocycles. The molecule has 2 aromatic carbocycles. The molecule has 0 N–H and O–H groups in total. The van der Waals surface area contributed by atoms with E-state index in [-0.39, 0.29) is 18.5 Å². The Morgan fingerprint density at radius 1 is 0.871 bits per heavy atom. The third-order valence-corrected chi connectivity index (χ3v) is 5.04. The van der Waals surface area contributed by atoms with Gasteiger partial charge in [0, 0.05) is 6.54 Å². The molecule has 0 fully saturated rings. The molecule has 2 rings (SSSR count). The fraction of sp³-hybridized carbons (Fsp3) is 0.500. The summed E-state index contributed by atoms with van der Waals surface area (Å²) in [6.45, 7) is 12.2. The maximum absolute atomic E-state index is 11.7. The summed E-state index contributed by atoms with van der Waals surface area (Å²) in [7, 11) is 4.09. The highest BCUT2D eigenvalue weighted by molar-refractivity contribution is 5.72. The molecule has 0 heterocycles. The van der Waals surface area contributed by atoms with Crippen LogP contribution < -0.4 is 9.47 Å². The number of likely N-dealkylation sites (N-methyl/N-ethyl adjacent to an activating group) is 1. The number of rotatable bonds is 11. The minimum absolute atomic E-state index is 0.0800. The van der Waals surface area contributed by atoms with E-state index in [1.54, 1.807) is 6.92 Å². The third-order valence-electron chi connectivity index (χ3n) is 5.04. The second-order valence-corrected chi connectivity index (χ2v) is 8.56. The van der Waals surface area contributed by atoms with Gasteiger partial charge in [-0.1, -0.05) is 39.8 Å². The van der Waals surface area contributed by atoms with E-state index in [1.807, 2.05) is 26.2 Å². The summed E-state index contributed by atoms with van der Waals surface area (Å²) in [5.41, 5.74) is 4.53. The number of hydrogen-bond donors (Lipinski definition) is 0. The van der Waals surface area contributed by atoms with Gasteiger partial charge in [0.25, 0.3) is 0 Å². The van der Waals surface area contributed by atoms with Gasteiger partial charge in [0.1, 0.15) is 18.1 Å². The molecule has 0 amide bonds. The van der Waals surface area contributed by atoms with Crippen LogP contribution in [0.5, 0.6) is 11.5 Å². The fourth-order valence-corrected chi connectivity index (χ4v) is 3.30. The Morgan fingerprint density at radius 3 is 1.84 bits per heavy atom. The highest BCUT2D eigenvalue weighted by Crippen LogP contribution is 2.35. The molecule has 170 valence electrons. The van der Waals surface area contributed by atoms with Crippen LogP contribution in [0.2, 0.25) is 0 Å². The van der Waals surface area contributed by atoms with Crippen molar-refractivity contribution in [2.45, 2.75) is 46.5 Å². The molecule has 0 saturated carbocycles. The number of esters is 1. The maximum atomic E-state index is 11.7. The van der Waals surface area contributed by atoms with E-state index in [9.17, 15) is 4.79 Å². The largest absolute Gasteiger partial charge is 0.492 e. The first kappa shape index (κ1) is 24.7. The van der Waals surface area contributed by atoms with Crippen molar-refractivity contribution in [1.29, 1.82) is 0 Å². The Morgan fingerprint density at radius 2 is 1.39 bits per heavy atom. The van der Waals surface area contributed by atoms with Crippen LogP contribution in [0.15, 0.2) is 36.4 Å². The maximum Gasteiger partial charge on any atom is 0.344 e. The molecular weight excluding hydrogens is 390 g/mol. The molecule has 5 heteroatoms. The van der Waals surface area contributed by atoms with Gasteiger partial charge < -0.3 is 19.1 Å². The molecule has 0 atom stereocenters. The number of carbonyl (C=O) groups excluding carboxylic acids is 1. The number of hydrogen-bond acceptors (Lipinski definition) is 5. The van der Waals surface area contributed by atoms with Crippen LogP contribution in [0.25, 0.3) is 11.1 Å². The summed E-state index contributed by atoms with van der Waals surface area (Å²) >= 11 is 0. The molecular formula is C26H37NO4. The van der Waals surface area contributed by atoms with E-state index < -0.39 is 0 Å². The van der Waals surface area contributed by atoms with Gasteiger partial charge in [0.15, 0.2) is 6.61 Å². The Labute approximate surface area is 187 Å². The Hall–Kier alpha value is -2.53. The lowest BCUT2D eigenvalue weighted by molar-refractivity contribution is -0.145. The van der Waals surface area contributed by atoms with Crippen molar-refractivity contribution < 1.29 is 19.0 Å². The van der Waals surface area contributed by atoms with Crippen LogP contribution in [0.1, 0.15) is 57.6 Å². The molecule has 0 unspecified atom stereocenters. The number of ether oxygens (including phenoxy) is 3. The van der Waals surface area contributed by atoms with E-state index in [2.05, 4.69) is 56.9 Å². The molecule has 5 nitrogen and oxygen atoms in total. The average Bonchev–Trinajstić information content (AvgIpc) is 2.72. The zero-order valence-electron chi connectivity index (χ0n) is 20.0. The minimum Gasteiger partial charge on any atom is -0.492 e. The second-order valence-electron chi connectivity index (χ2n) is 8.56. The lowest BCUT2D eigenvalue weighted by atomic mass is 9.93. The summed E-state index contributed by atoms with van der Waals surface area (Å²) in [6, 6.07) is 12.5. The van der Waals surface area contributed by atoms with Gasteiger partial charge in [-0.15, -0.1) is 0 Å². The third kappa shape index (κ3) is 7.28. The zero-order chi connectivity index (χ0) is 23.0. The van der Waals surface area contributed by atoms with Gasteiger partial charge in [-0.25, -0.2) is 4.79 Å². The summed E-state index contributed by atoms with van der Waals surface area (Å²) in [5.74, 6) is 1.92. The lowest BCUT2D eigenvalue weighted by Gasteiger charge is -2.18. The van der Waals surface area contributed by atoms with Crippen LogP contribution in [0, 0.1) is 0 Å². The molecule has 0 saturated heterocycles. The first-order valence-electron chi connectivity index (χ1n) is 11.1. The summed E-state index contributed by atoms with van der Waals surface area (Å²) in [6.07, 6.45) is 0. The quantitative estimate of drug-likeness (QED) is 0.444. The van der Waals surface area contributed by atoms with E-state index in [4.69, 9.17) is 14.2 Å². The molecule has 31 heavy (non-hydrogen) atoms. The first-order valence-corrected chi connectivity index (χ1v) is 11.1. The molecule has 0 bridgehead atoms. The normalized spacial score (nSPS) is 11.3. The topological polar surface area (TPSA) is 48.0 Å². The Balaban J connectivity index is 2.29. The lowest BCUT2D eigenvalue weighted by Crippen LogP contribution is -2.19. The van der Waals surface area contributed by atoms with Crippen LogP contribution in [0.3, 0.4) is 0 Å². The van der Waals surface area contributed by atoms with Gasteiger partial charge in [-0.05, 0) is 79.4 Å². The predicted octanol–water partition coefficient (Wildman–Crippen LogP) is 5.48. The van der Waals surface area contributed by atoms with Crippen molar-refractivity contribution in [2.24, 2.45) is 0 Å².